The van der Waals surface area contributed by atoms with Gasteiger partial charge in [-0.25, -0.2) is 0 Å². The van der Waals surface area contributed by atoms with E-state index in [0.717, 1.165) is 5.92 Å². The number of hydrogen-bond acceptors (Lipinski definition) is 0. The van der Waals surface area contributed by atoms with Crippen molar-refractivity contribution in [2.45, 2.75) is 53.4 Å². The van der Waals surface area contributed by atoms with Crippen molar-refractivity contribution in [3.63, 3.8) is 0 Å². The van der Waals surface area contributed by atoms with Gasteiger partial charge in [0.05, 0.1) is 0 Å². The van der Waals surface area contributed by atoms with Crippen molar-refractivity contribution >= 4 is 0 Å². The molecule has 0 amide bonds. The fraction of sp³-hybridized carbons (Fsp3) is 0.571. The molecule has 1 aromatic rings. The van der Waals surface area contributed by atoms with E-state index in [1.54, 1.807) is 5.56 Å². The SMILES string of the molecule is CCC(CC)c1ccc(C)c(C)c1C. The molecule has 78 valence electrons. The van der Waals surface area contributed by atoms with E-state index in [1.165, 1.54) is 29.5 Å². The molecular weight excluding hydrogens is 168 g/mol. The second-order valence-corrected chi connectivity index (χ2v) is 4.24. The van der Waals surface area contributed by atoms with Gasteiger partial charge in [0, 0.05) is 0 Å². The standard InChI is InChI=1S/C14H22/c1-6-13(7-2)14-9-8-10(3)11(4)12(14)5/h8-9,13H,6-7H2,1-5H3. The minimum Gasteiger partial charge on any atom is -0.0648 e. The summed E-state index contributed by atoms with van der Waals surface area (Å²) < 4.78 is 0. The normalized spacial score (nSPS) is 11.0. The van der Waals surface area contributed by atoms with Gasteiger partial charge in [-0.15, -0.1) is 0 Å². The van der Waals surface area contributed by atoms with Crippen molar-refractivity contribution in [1.82, 2.24) is 0 Å². The van der Waals surface area contributed by atoms with Gasteiger partial charge in [-0.3, -0.25) is 0 Å². The molecule has 1 aromatic carbocycles. The largest absolute Gasteiger partial charge is 0.0648 e. The highest BCUT2D eigenvalue weighted by molar-refractivity contribution is 5.40. The zero-order valence-corrected chi connectivity index (χ0v) is 10.1. The minimum absolute atomic E-state index is 0.745. The molecule has 0 radical (unpaired) electrons. The van der Waals surface area contributed by atoms with Crippen LogP contribution in [0.3, 0.4) is 0 Å². The van der Waals surface area contributed by atoms with Crippen molar-refractivity contribution in [2.24, 2.45) is 0 Å². The molecule has 14 heavy (non-hydrogen) atoms. The molecule has 0 aliphatic carbocycles. The second kappa shape index (κ2) is 4.63. The summed E-state index contributed by atoms with van der Waals surface area (Å²) in [5.41, 5.74) is 5.93. The van der Waals surface area contributed by atoms with Crippen molar-refractivity contribution in [3.8, 4) is 0 Å². The van der Waals surface area contributed by atoms with E-state index >= 15 is 0 Å². The first kappa shape index (κ1) is 11.3. The predicted octanol–water partition coefficient (Wildman–Crippen LogP) is 4.52. The number of rotatable bonds is 3. The van der Waals surface area contributed by atoms with Gasteiger partial charge in [0.2, 0.25) is 0 Å². The Kier molecular flexibility index (Phi) is 3.74. The average molecular weight is 190 g/mol. The van der Waals surface area contributed by atoms with Gasteiger partial charge in [-0.1, -0.05) is 26.0 Å². The zero-order valence-electron chi connectivity index (χ0n) is 10.1. The zero-order chi connectivity index (χ0) is 10.7. The molecule has 0 aliphatic rings. The topological polar surface area (TPSA) is 0 Å². The van der Waals surface area contributed by atoms with Gasteiger partial charge in [-0.05, 0) is 61.8 Å². The molecule has 0 aliphatic heterocycles. The van der Waals surface area contributed by atoms with Gasteiger partial charge in [-0.2, -0.15) is 0 Å². The van der Waals surface area contributed by atoms with E-state index in [9.17, 15) is 0 Å². The third kappa shape index (κ3) is 2.00. The lowest BCUT2D eigenvalue weighted by Gasteiger charge is -2.18. The second-order valence-electron chi connectivity index (χ2n) is 4.24. The van der Waals surface area contributed by atoms with Gasteiger partial charge in [0.25, 0.3) is 0 Å². The Morgan fingerprint density at radius 2 is 1.50 bits per heavy atom. The summed E-state index contributed by atoms with van der Waals surface area (Å²) in [7, 11) is 0. The molecule has 0 bridgehead atoms. The van der Waals surface area contributed by atoms with Crippen molar-refractivity contribution in [2.75, 3.05) is 0 Å². The Morgan fingerprint density at radius 3 is 2.00 bits per heavy atom. The highest BCUT2D eigenvalue weighted by Crippen LogP contribution is 2.28. The predicted molar refractivity (Wildman–Crippen MR) is 64.0 cm³/mol. The van der Waals surface area contributed by atoms with Crippen LogP contribution in [0.4, 0.5) is 0 Å². The summed E-state index contributed by atoms with van der Waals surface area (Å²) >= 11 is 0. The maximum atomic E-state index is 2.31. The van der Waals surface area contributed by atoms with E-state index in [1.807, 2.05) is 0 Å². The molecule has 0 spiro atoms. The first-order valence-corrected chi connectivity index (χ1v) is 5.68. The van der Waals surface area contributed by atoms with E-state index in [0.29, 0.717) is 0 Å². The molecule has 0 nitrogen and oxygen atoms in total. The summed E-state index contributed by atoms with van der Waals surface area (Å²) in [6, 6.07) is 4.57. The Labute approximate surface area is 88.4 Å². The van der Waals surface area contributed by atoms with Crippen LogP contribution in [0.1, 0.15) is 54.9 Å². The van der Waals surface area contributed by atoms with Gasteiger partial charge in [0.15, 0.2) is 0 Å². The quantitative estimate of drug-likeness (QED) is 0.657. The van der Waals surface area contributed by atoms with E-state index in [4.69, 9.17) is 0 Å². The molecule has 0 fully saturated rings. The Hall–Kier alpha value is -0.780. The molecule has 0 saturated heterocycles. The van der Waals surface area contributed by atoms with E-state index in [2.05, 4.69) is 46.8 Å². The lowest BCUT2D eigenvalue weighted by molar-refractivity contribution is 0.637. The lowest BCUT2D eigenvalue weighted by Crippen LogP contribution is -2.01. The number of aryl methyl sites for hydroxylation is 1. The van der Waals surface area contributed by atoms with Crippen LogP contribution < -0.4 is 0 Å². The third-order valence-electron chi connectivity index (χ3n) is 3.53. The smallest absolute Gasteiger partial charge is 0.0164 e. The van der Waals surface area contributed by atoms with Gasteiger partial charge in [0.1, 0.15) is 0 Å². The molecule has 0 heteroatoms. The number of benzene rings is 1. The molecular formula is C14H22. The molecule has 0 unspecified atom stereocenters. The Bertz CT molecular complexity index is 306. The van der Waals surface area contributed by atoms with Crippen LogP contribution in [0.5, 0.6) is 0 Å². The van der Waals surface area contributed by atoms with Crippen LogP contribution in [0.2, 0.25) is 0 Å². The van der Waals surface area contributed by atoms with E-state index in [-0.39, 0.29) is 0 Å². The van der Waals surface area contributed by atoms with Crippen molar-refractivity contribution in [3.05, 3.63) is 34.4 Å². The van der Waals surface area contributed by atoms with Crippen molar-refractivity contribution < 1.29 is 0 Å². The first-order chi connectivity index (χ1) is 6.61. The van der Waals surface area contributed by atoms with E-state index < -0.39 is 0 Å². The maximum absolute atomic E-state index is 2.31. The monoisotopic (exact) mass is 190 g/mol. The Morgan fingerprint density at radius 1 is 0.929 bits per heavy atom. The van der Waals surface area contributed by atoms with Gasteiger partial charge < -0.3 is 0 Å². The van der Waals surface area contributed by atoms with Crippen LogP contribution in [0, 0.1) is 20.8 Å². The minimum atomic E-state index is 0.745. The van der Waals surface area contributed by atoms with Gasteiger partial charge >= 0.3 is 0 Å². The fourth-order valence-electron chi connectivity index (χ4n) is 2.15. The first-order valence-electron chi connectivity index (χ1n) is 5.68. The van der Waals surface area contributed by atoms with Crippen LogP contribution in [-0.2, 0) is 0 Å². The highest BCUT2D eigenvalue weighted by atomic mass is 14.2. The molecule has 0 N–H and O–H groups in total. The molecule has 1 rings (SSSR count). The van der Waals surface area contributed by atoms with Crippen molar-refractivity contribution in [1.29, 1.82) is 0 Å². The summed E-state index contributed by atoms with van der Waals surface area (Å²) in [5.74, 6) is 0.745. The molecule has 0 aromatic heterocycles. The lowest BCUT2D eigenvalue weighted by atomic mass is 9.87. The average Bonchev–Trinajstić information content (AvgIpc) is 2.19. The third-order valence-corrected chi connectivity index (χ3v) is 3.53. The fourth-order valence-corrected chi connectivity index (χ4v) is 2.15. The van der Waals surface area contributed by atoms with Crippen LogP contribution >= 0.6 is 0 Å². The molecule has 0 saturated carbocycles. The molecule has 0 heterocycles. The number of hydrogen-bond donors (Lipinski definition) is 0. The highest BCUT2D eigenvalue weighted by Gasteiger charge is 2.11. The maximum Gasteiger partial charge on any atom is -0.0164 e. The summed E-state index contributed by atoms with van der Waals surface area (Å²) in [6.07, 6.45) is 2.50. The summed E-state index contributed by atoms with van der Waals surface area (Å²) in [4.78, 5) is 0. The van der Waals surface area contributed by atoms with Crippen LogP contribution in [0.25, 0.3) is 0 Å². The van der Waals surface area contributed by atoms with Crippen LogP contribution in [-0.4, -0.2) is 0 Å². The summed E-state index contributed by atoms with van der Waals surface area (Å²) in [6.45, 7) is 11.2. The van der Waals surface area contributed by atoms with Crippen LogP contribution in [0.15, 0.2) is 12.1 Å². The summed E-state index contributed by atoms with van der Waals surface area (Å²) in [5, 5.41) is 0. The Balaban J connectivity index is 3.16. The molecule has 0 atom stereocenters.